The van der Waals surface area contributed by atoms with E-state index in [1.54, 1.807) is 0 Å². The molecule has 6 heteroatoms. The summed E-state index contributed by atoms with van der Waals surface area (Å²) in [5.41, 5.74) is 1.20. The summed E-state index contributed by atoms with van der Waals surface area (Å²) >= 11 is 13.7. The van der Waals surface area contributed by atoms with Gasteiger partial charge >= 0.3 is 0 Å². The van der Waals surface area contributed by atoms with E-state index in [0.717, 1.165) is 64.0 Å². The summed E-state index contributed by atoms with van der Waals surface area (Å²) in [6, 6.07) is 8.89. The SMILES string of the molecule is CC(C)Oc1ccc(C2C(Cl)(Cl)C23CCN(C2CCN(C=O)CC2)CC3)cc1. The average Bonchev–Trinajstić information content (AvgIpc) is 3.16. The lowest BCUT2D eigenvalue weighted by molar-refractivity contribution is -0.119. The van der Waals surface area contributed by atoms with Crippen LogP contribution in [0.1, 0.15) is 51.0 Å². The second-order valence-corrected chi connectivity index (χ2v) is 10.2. The highest BCUT2D eigenvalue weighted by Gasteiger charge is 2.75. The van der Waals surface area contributed by atoms with Crippen LogP contribution in [0.25, 0.3) is 0 Å². The molecule has 1 aliphatic carbocycles. The van der Waals surface area contributed by atoms with Gasteiger partial charge in [-0.1, -0.05) is 12.1 Å². The first-order chi connectivity index (χ1) is 13.4. The average molecular weight is 425 g/mol. The Balaban J connectivity index is 1.39. The third kappa shape index (κ3) is 3.53. The fourth-order valence-corrected chi connectivity index (χ4v) is 6.47. The van der Waals surface area contributed by atoms with Crippen molar-refractivity contribution in [2.24, 2.45) is 5.41 Å². The number of benzene rings is 1. The first kappa shape index (κ1) is 20.3. The predicted octanol–water partition coefficient (Wildman–Crippen LogP) is 4.45. The van der Waals surface area contributed by atoms with Gasteiger partial charge in [-0.3, -0.25) is 4.79 Å². The molecule has 2 heterocycles. The van der Waals surface area contributed by atoms with Crippen LogP contribution in [-0.4, -0.2) is 58.9 Å². The van der Waals surface area contributed by atoms with Crippen LogP contribution in [0.4, 0.5) is 0 Å². The Morgan fingerprint density at radius 3 is 2.21 bits per heavy atom. The van der Waals surface area contributed by atoms with E-state index in [-0.39, 0.29) is 17.4 Å². The molecule has 0 bridgehead atoms. The minimum atomic E-state index is -0.680. The first-order valence-electron chi connectivity index (χ1n) is 10.5. The molecule has 28 heavy (non-hydrogen) atoms. The van der Waals surface area contributed by atoms with E-state index in [2.05, 4.69) is 17.0 Å². The second-order valence-electron chi connectivity index (χ2n) is 8.86. The summed E-state index contributed by atoms with van der Waals surface area (Å²) in [4.78, 5) is 15.4. The van der Waals surface area contributed by atoms with Gasteiger partial charge in [0.15, 0.2) is 0 Å². The molecule has 3 fully saturated rings. The zero-order valence-electron chi connectivity index (χ0n) is 16.7. The minimum Gasteiger partial charge on any atom is -0.491 e. The fourth-order valence-electron chi connectivity index (χ4n) is 5.32. The highest BCUT2D eigenvalue weighted by molar-refractivity contribution is 6.52. The van der Waals surface area contributed by atoms with Crippen molar-refractivity contribution >= 4 is 29.6 Å². The number of nitrogens with zero attached hydrogens (tertiary/aromatic N) is 2. The van der Waals surface area contributed by atoms with E-state index < -0.39 is 4.33 Å². The van der Waals surface area contributed by atoms with Crippen molar-refractivity contribution in [3.8, 4) is 5.75 Å². The van der Waals surface area contributed by atoms with Crippen molar-refractivity contribution in [2.45, 2.75) is 61.9 Å². The summed E-state index contributed by atoms with van der Waals surface area (Å²) in [5, 5.41) is 0. The van der Waals surface area contributed by atoms with Crippen molar-refractivity contribution in [1.29, 1.82) is 0 Å². The van der Waals surface area contributed by atoms with Crippen LogP contribution < -0.4 is 4.74 Å². The number of likely N-dealkylation sites (tertiary alicyclic amines) is 2. The molecule has 0 N–H and O–H groups in total. The van der Waals surface area contributed by atoms with Gasteiger partial charge in [0.2, 0.25) is 6.41 Å². The summed E-state index contributed by atoms with van der Waals surface area (Å²) < 4.78 is 5.08. The Morgan fingerprint density at radius 2 is 1.68 bits per heavy atom. The van der Waals surface area contributed by atoms with E-state index >= 15 is 0 Å². The van der Waals surface area contributed by atoms with Crippen LogP contribution in [0.3, 0.4) is 0 Å². The van der Waals surface area contributed by atoms with Gasteiger partial charge in [0, 0.05) is 30.5 Å². The molecule has 1 unspecified atom stereocenters. The Morgan fingerprint density at radius 1 is 1.07 bits per heavy atom. The normalized spacial score (nSPS) is 27.2. The summed E-state index contributed by atoms with van der Waals surface area (Å²) in [5.74, 6) is 1.08. The van der Waals surface area contributed by atoms with Gasteiger partial charge in [0.1, 0.15) is 10.1 Å². The molecule has 4 rings (SSSR count). The molecule has 0 radical (unpaired) electrons. The van der Waals surface area contributed by atoms with E-state index in [9.17, 15) is 4.79 Å². The molecule has 1 saturated carbocycles. The molecule has 1 aromatic rings. The van der Waals surface area contributed by atoms with Gasteiger partial charge in [0.25, 0.3) is 0 Å². The number of hydrogen-bond donors (Lipinski definition) is 0. The van der Waals surface area contributed by atoms with Crippen LogP contribution in [0, 0.1) is 5.41 Å². The quantitative estimate of drug-likeness (QED) is 0.516. The molecule has 3 aliphatic rings. The van der Waals surface area contributed by atoms with Crippen LogP contribution in [0.15, 0.2) is 24.3 Å². The van der Waals surface area contributed by atoms with Crippen molar-refractivity contribution in [1.82, 2.24) is 9.80 Å². The highest BCUT2D eigenvalue weighted by Crippen LogP contribution is 2.78. The number of alkyl halides is 2. The molecule has 1 spiro atoms. The monoisotopic (exact) mass is 424 g/mol. The lowest BCUT2D eigenvalue weighted by atomic mass is 9.87. The third-order valence-corrected chi connectivity index (χ3v) is 8.12. The zero-order valence-corrected chi connectivity index (χ0v) is 18.3. The van der Waals surface area contributed by atoms with E-state index in [0.29, 0.717) is 6.04 Å². The van der Waals surface area contributed by atoms with Gasteiger partial charge in [0.05, 0.1) is 6.10 Å². The standard InChI is InChI=1S/C22H30Cl2N2O2/c1-16(2)28-19-5-3-17(4-6-19)20-21(22(20,23)24)9-13-26(14-10-21)18-7-11-25(15-27)12-8-18/h3-6,15-16,18,20H,7-14H2,1-2H3. The number of ether oxygens (including phenoxy) is 1. The Kier molecular flexibility index (Phi) is 5.58. The molecular weight excluding hydrogens is 395 g/mol. The predicted molar refractivity (Wildman–Crippen MR) is 113 cm³/mol. The number of carbonyl (C=O) groups excluding carboxylic acids is 1. The Labute approximate surface area is 178 Å². The Hall–Kier alpha value is -0.970. The van der Waals surface area contributed by atoms with Gasteiger partial charge in [-0.2, -0.15) is 0 Å². The number of hydrogen-bond acceptors (Lipinski definition) is 3. The molecule has 1 amide bonds. The highest BCUT2D eigenvalue weighted by atomic mass is 35.5. The fraction of sp³-hybridized carbons (Fsp3) is 0.682. The van der Waals surface area contributed by atoms with Crippen LogP contribution in [0.2, 0.25) is 0 Å². The maximum Gasteiger partial charge on any atom is 0.209 e. The number of carbonyl (C=O) groups is 1. The summed E-state index contributed by atoms with van der Waals surface area (Å²) in [7, 11) is 0. The van der Waals surface area contributed by atoms with Crippen LogP contribution >= 0.6 is 23.2 Å². The van der Waals surface area contributed by atoms with E-state index in [1.165, 1.54) is 5.56 Å². The number of rotatable bonds is 5. The number of piperidine rings is 2. The zero-order chi connectivity index (χ0) is 19.9. The second kappa shape index (κ2) is 7.70. The molecule has 154 valence electrons. The van der Waals surface area contributed by atoms with Crippen LogP contribution in [-0.2, 0) is 4.79 Å². The van der Waals surface area contributed by atoms with Gasteiger partial charge in [-0.15, -0.1) is 23.2 Å². The molecule has 2 saturated heterocycles. The largest absolute Gasteiger partial charge is 0.491 e. The van der Waals surface area contributed by atoms with Crippen LogP contribution in [0.5, 0.6) is 5.75 Å². The van der Waals surface area contributed by atoms with E-state index in [1.807, 2.05) is 30.9 Å². The smallest absolute Gasteiger partial charge is 0.209 e. The van der Waals surface area contributed by atoms with Crippen molar-refractivity contribution in [2.75, 3.05) is 26.2 Å². The molecule has 1 atom stereocenters. The number of halogens is 2. The lowest BCUT2D eigenvalue weighted by Gasteiger charge is -2.41. The molecule has 2 aliphatic heterocycles. The van der Waals surface area contributed by atoms with E-state index in [4.69, 9.17) is 27.9 Å². The van der Waals surface area contributed by atoms with Crippen molar-refractivity contribution in [3.05, 3.63) is 29.8 Å². The minimum absolute atomic E-state index is 0.0173. The molecule has 0 aromatic heterocycles. The first-order valence-corrected chi connectivity index (χ1v) is 11.2. The lowest BCUT2D eigenvalue weighted by Crippen LogP contribution is -2.48. The third-order valence-electron chi connectivity index (χ3n) is 6.94. The van der Waals surface area contributed by atoms with Gasteiger partial charge in [-0.25, -0.2) is 0 Å². The summed E-state index contributed by atoms with van der Waals surface area (Å²) in [6.07, 6.45) is 5.34. The molecular formula is C22H30Cl2N2O2. The van der Waals surface area contributed by atoms with Crippen molar-refractivity contribution < 1.29 is 9.53 Å². The molecule has 1 aromatic carbocycles. The molecule has 4 nitrogen and oxygen atoms in total. The van der Waals surface area contributed by atoms with Gasteiger partial charge in [-0.05, 0) is 70.3 Å². The van der Waals surface area contributed by atoms with Crippen molar-refractivity contribution in [3.63, 3.8) is 0 Å². The summed E-state index contributed by atoms with van der Waals surface area (Å²) in [6.45, 7) is 7.89. The topological polar surface area (TPSA) is 32.8 Å². The number of amides is 1. The Bertz CT molecular complexity index is 691. The maximum atomic E-state index is 10.9. The maximum absolute atomic E-state index is 10.9. The van der Waals surface area contributed by atoms with Gasteiger partial charge < -0.3 is 14.5 Å².